The van der Waals surface area contributed by atoms with Crippen LogP contribution in [0.1, 0.15) is 9.67 Å². The Bertz CT molecular complexity index is 666. The molecular weight excluding hydrogens is 364 g/mol. The average Bonchev–Trinajstić information content (AvgIpc) is 3.01. The Morgan fingerprint density at radius 3 is 2.59 bits per heavy atom. The van der Waals surface area contributed by atoms with E-state index in [1.165, 1.54) is 11.3 Å². The van der Waals surface area contributed by atoms with Crippen LogP contribution in [0.5, 0.6) is 5.75 Å². The van der Waals surface area contributed by atoms with Crippen molar-refractivity contribution in [1.29, 1.82) is 0 Å². The van der Waals surface area contributed by atoms with Crippen molar-refractivity contribution in [3.8, 4) is 5.75 Å². The second-order valence-corrected chi connectivity index (χ2v) is 6.91. The summed E-state index contributed by atoms with van der Waals surface area (Å²) < 4.78 is 6.39. The number of piperazine rings is 1. The van der Waals surface area contributed by atoms with E-state index in [4.69, 9.17) is 4.74 Å². The first-order valence-corrected chi connectivity index (χ1v) is 8.77. The highest BCUT2D eigenvalue weighted by Gasteiger charge is 2.24. The Hall–Kier alpha value is -1.53. The number of ether oxygens (including phenoxy) is 1. The number of para-hydroxylation sites is 2. The molecule has 6 heteroatoms. The third kappa shape index (κ3) is 3.13. The lowest BCUT2D eigenvalue weighted by atomic mass is 10.2. The first kappa shape index (κ1) is 15.4. The molecule has 1 aromatic carbocycles. The lowest BCUT2D eigenvalue weighted by Gasteiger charge is -2.36. The van der Waals surface area contributed by atoms with Gasteiger partial charge in [-0.2, -0.15) is 0 Å². The van der Waals surface area contributed by atoms with Gasteiger partial charge in [-0.05, 0) is 34.1 Å². The number of hydrogen-bond acceptors (Lipinski definition) is 4. The summed E-state index contributed by atoms with van der Waals surface area (Å²) in [6, 6.07) is 9.90. The molecule has 0 unspecified atom stereocenters. The molecule has 0 aliphatic carbocycles. The van der Waals surface area contributed by atoms with Gasteiger partial charge in [-0.1, -0.05) is 12.1 Å². The SMILES string of the molecule is COc1ccccc1N1CCN(C(=O)c2cc(Br)cs2)CC1. The largest absolute Gasteiger partial charge is 0.495 e. The van der Waals surface area contributed by atoms with Crippen molar-refractivity contribution in [2.24, 2.45) is 0 Å². The highest BCUT2D eigenvalue weighted by atomic mass is 79.9. The molecule has 1 aromatic heterocycles. The molecule has 2 heterocycles. The standard InChI is InChI=1S/C16H17BrN2O2S/c1-21-14-5-3-2-4-13(14)18-6-8-19(9-7-18)16(20)15-10-12(17)11-22-15/h2-5,10-11H,6-9H2,1H3. The number of benzene rings is 1. The van der Waals surface area contributed by atoms with E-state index >= 15 is 0 Å². The summed E-state index contributed by atoms with van der Waals surface area (Å²) in [6.07, 6.45) is 0. The highest BCUT2D eigenvalue weighted by Crippen LogP contribution is 2.29. The minimum absolute atomic E-state index is 0.121. The molecule has 1 amide bonds. The number of methoxy groups -OCH3 is 1. The molecule has 1 saturated heterocycles. The van der Waals surface area contributed by atoms with Crippen LogP contribution >= 0.6 is 27.3 Å². The summed E-state index contributed by atoms with van der Waals surface area (Å²) in [7, 11) is 1.69. The smallest absolute Gasteiger partial charge is 0.264 e. The van der Waals surface area contributed by atoms with Crippen LogP contribution in [0.4, 0.5) is 5.69 Å². The zero-order chi connectivity index (χ0) is 15.5. The fourth-order valence-electron chi connectivity index (χ4n) is 2.62. The van der Waals surface area contributed by atoms with Crippen molar-refractivity contribution in [2.45, 2.75) is 0 Å². The molecular formula is C16H17BrN2O2S. The monoisotopic (exact) mass is 380 g/mol. The molecule has 2 aromatic rings. The van der Waals surface area contributed by atoms with Crippen molar-refractivity contribution >= 4 is 38.9 Å². The van der Waals surface area contributed by atoms with Gasteiger partial charge in [0.25, 0.3) is 5.91 Å². The normalized spacial score (nSPS) is 15.0. The second kappa shape index (κ2) is 6.71. The van der Waals surface area contributed by atoms with Crippen LogP contribution in [-0.2, 0) is 0 Å². The van der Waals surface area contributed by atoms with Crippen molar-refractivity contribution in [2.75, 3.05) is 38.2 Å². The number of amides is 1. The fourth-order valence-corrected chi connectivity index (χ4v) is 4.02. The van der Waals surface area contributed by atoms with E-state index in [-0.39, 0.29) is 5.91 Å². The minimum Gasteiger partial charge on any atom is -0.495 e. The molecule has 0 N–H and O–H groups in total. The molecule has 22 heavy (non-hydrogen) atoms. The van der Waals surface area contributed by atoms with Gasteiger partial charge in [0.15, 0.2) is 0 Å². The first-order valence-electron chi connectivity index (χ1n) is 7.10. The van der Waals surface area contributed by atoms with Gasteiger partial charge >= 0.3 is 0 Å². The summed E-state index contributed by atoms with van der Waals surface area (Å²) in [5.74, 6) is 1.000. The maximum atomic E-state index is 12.5. The highest BCUT2D eigenvalue weighted by molar-refractivity contribution is 9.10. The average molecular weight is 381 g/mol. The summed E-state index contributed by atoms with van der Waals surface area (Å²) in [6.45, 7) is 3.09. The lowest BCUT2D eigenvalue weighted by molar-refractivity contribution is 0.0751. The van der Waals surface area contributed by atoms with Gasteiger partial charge in [-0.3, -0.25) is 4.79 Å². The van der Waals surface area contributed by atoms with E-state index in [1.54, 1.807) is 7.11 Å². The zero-order valence-corrected chi connectivity index (χ0v) is 14.7. The summed E-state index contributed by atoms with van der Waals surface area (Å²) in [5, 5.41) is 1.94. The van der Waals surface area contributed by atoms with E-state index in [0.29, 0.717) is 0 Å². The van der Waals surface area contributed by atoms with Gasteiger partial charge < -0.3 is 14.5 Å². The van der Waals surface area contributed by atoms with Crippen LogP contribution in [-0.4, -0.2) is 44.1 Å². The quantitative estimate of drug-likeness (QED) is 0.816. The van der Waals surface area contributed by atoms with Crippen molar-refractivity contribution in [3.63, 3.8) is 0 Å². The van der Waals surface area contributed by atoms with Crippen LogP contribution in [0, 0.1) is 0 Å². The molecule has 1 aliphatic heterocycles. The lowest BCUT2D eigenvalue weighted by Crippen LogP contribution is -2.48. The van der Waals surface area contributed by atoms with Crippen LogP contribution in [0.25, 0.3) is 0 Å². The molecule has 1 fully saturated rings. The van der Waals surface area contributed by atoms with Crippen molar-refractivity contribution < 1.29 is 9.53 Å². The zero-order valence-electron chi connectivity index (χ0n) is 12.3. The number of hydrogen-bond donors (Lipinski definition) is 0. The van der Waals surface area contributed by atoms with E-state index < -0.39 is 0 Å². The summed E-state index contributed by atoms with van der Waals surface area (Å²) in [5.41, 5.74) is 1.09. The minimum atomic E-state index is 0.121. The maximum Gasteiger partial charge on any atom is 0.264 e. The van der Waals surface area contributed by atoms with Crippen LogP contribution < -0.4 is 9.64 Å². The van der Waals surface area contributed by atoms with E-state index in [2.05, 4.69) is 26.9 Å². The predicted molar refractivity (Wildman–Crippen MR) is 93.1 cm³/mol. The molecule has 0 spiro atoms. The predicted octanol–water partition coefficient (Wildman–Crippen LogP) is 3.48. The van der Waals surface area contributed by atoms with Gasteiger partial charge in [-0.15, -0.1) is 11.3 Å². The molecule has 1 aliphatic rings. The van der Waals surface area contributed by atoms with Crippen LogP contribution in [0.15, 0.2) is 40.2 Å². The van der Waals surface area contributed by atoms with E-state index in [0.717, 1.165) is 47.0 Å². The second-order valence-electron chi connectivity index (χ2n) is 5.08. The van der Waals surface area contributed by atoms with Crippen molar-refractivity contribution in [1.82, 2.24) is 4.90 Å². The Morgan fingerprint density at radius 1 is 1.23 bits per heavy atom. The Kier molecular flexibility index (Phi) is 4.69. The van der Waals surface area contributed by atoms with Crippen LogP contribution in [0.3, 0.4) is 0 Å². The number of nitrogens with zero attached hydrogens (tertiary/aromatic N) is 2. The summed E-state index contributed by atoms with van der Waals surface area (Å²) in [4.78, 5) is 17.4. The molecule has 116 valence electrons. The molecule has 0 atom stereocenters. The van der Waals surface area contributed by atoms with Gasteiger partial charge in [0.05, 0.1) is 17.7 Å². The number of anilines is 1. The number of halogens is 1. The molecule has 0 radical (unpaired) electrons. The Balaban J connectivity index is 1.66. The van der Waals surface area contributed by atoms with Crippen LogP contribution in [0.2, 0.25) is 0 Å². The molecule has 4 nitrogen and oxygen atoms in total. The van der Waals surface area contributed by atoms with Gasteiger partial charge in [0.2, 0.25) is 0 Å². The fraction of sp³-hybridized carbons (Fsp3) is 0.312. The first-order chi connectivity index (χ1) is 10.7. The van der Waals surface area contributed by atoms with E-state index in [9.17, 15) is 4.79 Å². The summed E-state index contributed by atoms with van der Waals surface area (Å²) >= 11 is 4.88. The van der Waals surface area contributed by atoms with Gasteiger partial charge in [-0.25, -0.2) is 0 Å². The van der Waals surface area contributed by atoms with Gasteiger partial charge in [0, 0.05) is 36.0 Å². The molecule has 0 bridgehead atoms. The number of carbonyl (C=O) groups is 1. The topological polar surface area (TPSA) is 32.8 Å². The Morgan fingerprint density at radius 2 is 1.95 bits per heavy atom. The van der Waals surface area contributed by atoms with E-state index in [1.807, 2.05) is 34.5 Å². The number of carbonyl (C=O) groups excluding carboxylic acids is 1. The van der Waals surface area contributed by atoms with Crippen molar-refractivity contribution in [3.05, 3.63) is 45.1 Å². The maximum absolute atomic E-state index is 12.5. The number of thiophene rings is 1. The molecule has 0 saturated carbocycles. The number of rotatable bonds is 3. The third-order valence-corrected chi connectivity index (χ3v) is 5.45. The molecule has 3 rings (SSSR count). The third-order valence-electron chi connectivity index (χ3n) is 3.77. The van der Waals surface area contributed by atoms with Gasteiger partial charge in [0.1, 0.15) is 5.75 Å². The Labute approximate surface area is 142 Å².